The molecule has 2 aliphatic rings. The van der Waals surface area contributed by atoms with E-state index >= 15 is 0 Å². The average Bonchev–Trinajstić information content (AvgIpc) is 2.48. The SMILES string of the molecule is C[C@]1(F)C(=O)O[C@@H]2COCCCCCCO[C@H]21. The van der Waals surface area contributed by atoms with E-state index in [4.69, 9.17) is 14.2 Å². The molecule has 0 N–H and O–H groups in total. The normalized spacial score (nSPS) is 40.2. The van der Waals surface area contributed by atoms with Crippen LogP contribution in [-0.2, 0) is 19.0 Å². The number of esters is 1. The Morgan fingerprint density at radius 2 is 1.94 bits per heavy atom. The number of carbonyl (C=O) groups excluding carboxylic acids is 1. The van der Waals surface area contributed by atoms with E-state index in [-0.39, 0.29) is 6.61 Å². The molecule has 0 spiro atoms. The van der Waals surface area contributed by atoms with Crippen molar-refractivity contribution in [2.75, 3.05) is 19.8 Å². The van der Waals surface area contributed by atoms with Crippen LogP contribution in [0, 0.1) is 0 Å². The molecule has 2 aliphatic heterocycles. The van der Waals surface area contributed by atoms with Crippen LogP contribution in [0.1, 0.15) is 32.6 Å². The highest BCUT2D eigenvalue weighted by molar-refractivity contribution is 5.82. The van der Waals surface area contributed by atoms with E-state index in [9.17, 15) is 9.18 Å². The van der Waals surface area contributed by atoms with Crippen LogP contribution >= 0.6 is 0 Å². The van der Waals surface area contributed by atoms with Gasteiger partial charge in [-0.05, 0) is 19.8 Å². The summed E-state index contributed by atoms with van der Waals surface area (Å²) in [5.41, 5.74) is -2.05. The molecule has 3 atom stereocenters. The molecule has 0 saturated carbocycles. The van der Waals surface area contributed by atoms with Crippen molar-refractivity contribution < 1.29 is 23.4 Å². The van der Waals surface area contributed by atoms with Gasteiger partial charge in [-0.2, -0.15) is 0 Å². The number of hydrogen-bond donors (Lipinski definition) is 0. The fraction of sp³-hybridized carbons (Fsp3) is 0.917. The molecule has 17 heavy (non-hydrogen) atoms. The third kappa shape index (κ3) is 2.77. The Hall–Kier alpha value is -0.680. The van der Waals surface area contributed by atoms with Crippen molar-refractivity contribution in [3.05, 3.63) is 0 Å². The fourth-order valence-electron chi connectivity index (χ4n) is 2.23. The minimum Gasteiger partial charge on any atom is -0.455 e. The predicted molar refractivity (Wildman–Crippen MR) is 58.4 cm³/mol. The number of hydrogen-bond acceptors (Lipinski definition) is 4. The summed E-state index contributed by atoms with van der Waals surface area (Å²) < 4.78 is 30.0. The van der Waals surface area contributed by atoms with Crippen molar-refractivity contribution in [3.8, 4) is 0 Å². The summed E-state index contributed by atoms with van der Waals surface area (Å²) in [5, 5.41) is 0. The summed E-state index contributed by atoms with van der Waals surface area (Å²) in [6, 6.07) is 0. The lowest BCUT2D eigenvalue weighted by molar-refractivity contribution is -0.150. The molecule has 5 heteroatoms. The Labute approximate surface area is 100 Å². The summed E-state index contributed by atoms with van der Waals surface area (Å²) >= 11 is 0. The first kappa shape index (κ1) is 12.8. The number of ether oxygens (including phenoxy) is 3. The smallest absolute Gasteiger partial charge is 0.346 e. The van der Waals surface area contributed by atoms with Crippen molar-refractivity contribution in [3.63, 3.8) is 0 Å². The van der Waals surface area contributed by atoms with E-state index in [1.54, 1.807) is 0 Å². The Morgan fingerprint density at radius 3 is 2.71 bits per heavy atom. The zero-order valence-electron chi connectivity index (χ0n) is 10.1. The van der Waals surface area contributed by atoms with E-state index in [1.165, 1.54) is 6.92 Å². The maximum absolute atomic E-state index is 14.1. The summed E-state index contributed by atoms with van der Waals surface area (Å²) in [6.45, 7) is 2.54. The molecule has 0 aromatic rings. The van der Waals surface area contributed by atoms with Gasteiger partial charge in [0.15, 0.2) is 6.10 Å². The first-order chi connectivity index (χ1) is 8.12. The summed E-state index contributed by atoms with van der Waals surface area (Å²) in [5.74, 6) is -0.840. The molecule has 2 rings (SSSR count). The topological polar surface area (TPSA) is 44.8 Å². The molecular formula is C12H19FO4. The second-order valence-corrected chi connectivity index (χ2v) is 4.80. The highest BCUT2D eigenvalue weighted by Gasteiger charge is 2.56. The van der Waals surface area contributed by atoms with Gasteiger partial charge in [0.1, 0.15) is 6.10 Å². The van der Waals surface area contributed by atoms with Crippen molar-refractivity contribution in [2.45, 2.75) is 50.5 Å². The predicted octanol–water partition coefficient (Wildman–Crippen LogP) is 1.62. The van der Waals surface area contributed by atoms with Crippen LogP contribution in [0.15, 0.2) is 0 Å². The van der Waals surface area contributed by atoms with Crippen molar-refractivity contribution in [1.29, 1.82) is 0 Å². The standard InChI is InChI=1S/C12H19FO4/c1-12(13)10-9(17-11(12)14)8-15-6-4-2-3-5-7-16-10/h9-10H,2-8H2,1H3/t9-,10-,12-/m1/s1. The molecule has 0 bridgehead atoms. The summed E-state index contributed by atoms with van der Waals surface area (Å²) in [7, 11) is 0. The third-order valence-electron chi connectivity index (χ3n) is 3.29. The van der Waals surface area contributed by atoms with Gasteiger partial charge in [-0.1, -0.05) is 12.8 Å². The number of rotatable bonds is 0. The molecule has 0 aliphatic carbocycles. The largest absolute Gasteiger partial charge is 0.455 e. The van der Waals surface area contributed by atoms with E-state index < -0.39 is 23.8 Å². The van der Waals surface area contributed by atoms with Crippen LogP contribution < -0.4 is 0 Å². The van der Waals surface area contributed by atoms with Gasteiger partial charge < -0.3 is 14.2 Å². The van der Waals surface area contributed by atoms with Gasteiger partial charge in [0.2, 0.25) is 5.67 Å². The Kier molecular flexibility index (Phi) is 3.99. The molecule has 0 aromatic carbocycles. The lowest BCUT2D eigenvalue weighted by atomic mass is 10.0. The second-order valence-electron chi connectivity index (χ2n) is 4.80. The van der Waals surface area contributed by atoms with Crippen LogP contribution in [-0.4, -0.2) is 43.7 Å². The Bertz CT molecular complexity index is 280. The molecule has 98 valence electrons. The number of fused-ring (bicyclic) bond motifs is 1. The second kappa shape index (κ2) is 5.31. The maximum Gasteiger partial charge on any atom is 0.346 e. The molecule has 0 aromatic heterocycles. The van der Waals surface area contributed by atoms with Crippen molar-refractivity contribution >= 4 is 5.97 Å². The van der Waals surface area contributed by atoms with Gasteiger partial charge in [0.25, 0.3) is 0 Å². The van der Waals surface area contributed by atoms with Crippen LogP contribution in [0.5, 0.6) is 0 Å². The molecule has 2 heterocycles. The number of halogens is 1. The van der Waals surface area contributed by atoms with Gasteiger partial charge >= 0.3 is 5.97 Å². The highest BCUT2D eigenvalue weighted by Crippen LogP contribution is 2.32. The zero-order chi connectivity index (χ0) is 12.3. The molecule has 0 amide bonds. The van der Waals surface area contributed by atoms with Gasteiger partial charge in [0.05, 0.1) is 6.61 Å². The monoisotopic (exact) mass is 246 g/mol. The van der Waals surface area contributed by atoms with E-state index in [0.29, 0.717) is 13.2 Å². The maximum atomic E-state index is 14.1. The average molecular weight is 246 g/mol. The minimum atomic E-state index is -2.05. The number of carbonyl (C=O) groups is 1. The van der Waals surface area contributed by atoms with Gasteiger partial charge in [-0.15, -0.1) is 0 Å². The van der Waals surface area contributed by atoms with E-state index in [2.05, 4.69) is 0 Å². The Balaban J connectivity index is 2.03. The molecular weight excluding hydrogens is 227 g/mol. The van der Waals surface area contributed by atoms with Crippen LogP contribution in [0.4, 0.5) is 4.39 Å². The van der Waals surface area contributed by atoms with Crippen LogP contribution in [0.25, 0.3) is 0 Å². The van der Waals surface area contributed by atoms with E-state index in [0.717, 1.165) is 25.7 Å². The zero-order valence-corrected chi connectivity index (χ0v) is 10.1. The van der Waals surface area contributed by atoms with Crippen LogP contribution in [0.3, 0.4) is 0 Å². The van der Waals surface area contributed by atoms with Crippen molar-refractivity contribution in [2.24, 2.45) is 0 Å². The number of alkyl halides is 1. The van der Waals surface area contributed by atoms with Crippen LogP contribution in [0.2, 0.25) is 0 Å². The van der Waals surface area contributed by atoms with Gasteiger partial charge in [-0.25, -0.2) is 9.18 Å². The third-order valence-corrected chi connectivity index (χ3v) is 3.29. The highest BCUT2D eigenvalue weighted by atomic mass is 19.1. The first-order valence-corrected chi connectivity index (χ1v) is 6.21. The quantitative estimate of drug-likeness (QED) is 0.609. The molecule has 2 fully saturated rings. The minimum absolute atomic E-state index is 0.218. The summed E-state index contributed by atoms with van der Waals surface area (Å²) in [6.07, 6.45) is 2.54. The fourth-order valence-corrected chi connectivity index (χ4v) is 2.23. The lowest BCUT2D eigenvalue weighted by Gasteiger charge is -2.22. The molecule has 2 saturated heterocycles. The van der Waals surface area contributed by atoms with Gasteiger partial charge in [0, 0.05) is 13.2 Å². The van der Waals surface area contributed by atoms with E-state index in [1.807, 2.05) is 0 Å². The first-order valence-electron chi connectivity index (χ1n) is 6.21. The molecule has 0 unspecified atom stereocenters. The molecule has 0 radical (unpaired) electrons. The molecule has 4 nitrogen and oxygen atoms in total. The summed E-state index contributed by atoms with van der Waals surface area (Å²) in [4.78, 5) is 11.4. The van der Waals surface area contributed by atoms with Crippen molar-refractivity contribution in [1.82, 2.24) is 0 Å². The Morgan fingerprint density at radius 1 is 1.24 bits per heavy atom. The lowest BCUT2D eigenvalue weighted by Crippen LogP contribution is -2.42. The van der Waals surface area contributed by atoms with Gasteiger partial charge in [-0.3, -0.25) is 0 Å².